The molecule has 2 aromatic rings. The van der Waals surface area contributed by atoms with E-state index in [9.17, 15) is 8.78 Å². The third-order valence-electron chi connectivity index (χ3n) is 2.63. The summed E-state index contributed by atoms with van der Waals surface area (Å²) in [6, 6.07) is 2.46. The molecule has 1 heterocycles. The van der Waals surface area contributed by atoms with Crippen LogP contribution in [0.25, 0.3) is 10.9 Å². The lowest BCUT2D eigenvalue weighted by Crippen LogP contribution is -2.05. The largest absolute Gasteiger partial charge is 0.367 e. The highest BCUT2D eigenvalue weighted by Gasteiger charge is 2.23. The molecule has 3 nitrogen and oxygen atoms in total. The number of hydrogen-bond acceptors (Lipinski definition) is 3. The Morgan fingerprint density at radius 1 is 1.18 bits per heavy atom. The van der Waals surface area contributed by atoms with Crippen molar-refractivity contribution in [1.29, 1.82) is 0 Å². The minimum Gasteiger partial charge on any atom is -0.367 e. The number of fused-ring (bicyclic) bond motifs is 1. The van der Waals surface area contributed by atoms with E-state index < -0.39 is 11.6 Å². The van der Waals surface area contributed by atoms with Crippen LogP contribution < -0.4 is 5.32 Å². The lowest BCUT2D eigenvalue weighted by molar-refractivity contribution is 0.510. The van der Waals surface area contributed by atoms with Crippen molar-refractivity contribution in [3.63, 3.8) is 0 Å². The van der Waals surface area contributed by atoms with Crippen LogP contribution in [-0.2, 0) is 0 Å². The first-order valence-corrected chi connectivity index (χ1v) is 5.60. The molecule has 1 aromatic carbocycles. The van der Waals surface area contributed by atoms with Crippen molar-refractivity contribution < 1.29 is 8.78 Å². The Kier molecular flexibility index (Phi) is 2.36. The zero-order valence-corrected chi connectivity index (χ0v) is 9.43. The highest BCUT2D eigenvalue weighted by Crippen LogP contribution is 2.29. The summed E-state index contributed by atoms with van der Waals surface area (Å²) in [6.45, 7) is 0. The molecule has 1 aliphatic rings. The van der Waals surface area contributed by atoms with E-state index in [0.29, 0.717) is 22.8 Å². The van der Waals surface area contributed by atoms with Crippen LogP contribution in [-0.4, -0.2) is 16.0 Å². The quantitative estimate of drug-likeness (QED) is 0.838. The highest BCUT2D eigenvalue weighted by molar-refractivity contribution is 6.28. The Bertz CT molecular complexity index is 599. The van der Waals surface area contributed by atoms with Gasteiger partial charge in [0.25, 0.3) is 0 Å². The number of aromatic nitrogens is 2. The lowest BCUT2D eigenvalue weighted by atomic mass is 10.2. The average Bonchev–Trinajstić information content (AvgIpc) is 3.05. The zero-order valence-electron chi connectivity index (χ0n) is 8.67. The second kappa shape index (κ2) is 3.77. The average molecular weight is 256 g/mol. The van der Waals surface area contributed by atoms with Gasteiger partial charge in [-0.2, -0.15) is 0 Å². The molecule has 0 atom stereocenters. The van der Waals surface area contributed by atoms with E-state index in [-0.39, 0.29) is 5.28 Å². The van der Waals surface area contributed by atoms with Crippen LogP contribution >= 0.6 is 11.6 Å². The maximum Gasteiger partial charge on any atom is 0.224 e. The molecule has 1 aliphatic carbocycles. The molecule has 1 fully saturated rings. The van der Waals surface area contributed by atoms with Gasteiger partial charge >= 0.3 is 0 Å². The van der Waals surface area contributed by atoms with Crippen molar-refractivity contribution in [3.05, 3.63) is 29.1 Å². The topological polar surface area (TPSA) is 37.8 Å². The van der Waals surface area contributed by atoms with E-state index in [1.165, 1.54) is 0 Å². The molecule has 0 spiro atoms. The normalized spacial score (nSPS) is 15.2. The fraction of sp³-hybridized carbons (Fsp3) is 0.273. The van der Waals surface area contributed by atoms with Crippen LogP contribution in [0, 0.1) is 11.6 Å². The van der Waals surface area contributed by atoms with Crippen LogP contribution in [0.2, 0.25) is 5.28 Å². The van der Waals surface area contributed by atoms with Gasteiger partial charge in [0.15, 0.2) is 11.6 Å². The van der Waals surface area contributed by atoms with Gasteiger partial charge in [-0.25, -0.2) is 18.7 Å². The van der Waals surface area contributed by atoms with E-state index in [1.54, 1.807) is 0 Å². The van der Waals surface area contributed by atoms with Crippen LogP contribution in [0.4, 0.5) is 14.6 Å². The summed E-state index contributed by atoms with van der Waals surface area (Å²) < 4.78 is 26.3. The monoisotopic (exact) mass is 255 g/mol. The van der Waals surface area contributed by atoms with Crippen molar-refractivity contribution >= 4 is 28.3 Å². The Labute approximate surface area is 101 Å². The molecule has 3 rings (SSSR count). The number of rotatable bonds is 2. The van der Waals surface area contributed by atoms with Crippen molar-refractivity contribution in [1.82, 2.24) is 9.97 Å². The SMILES string of the molecule is Fc1cc2nc(Cl)nc(NC3CC3)c2cc1F. The van der Waals surface area contributed by atoms with Gasteiger partial charge in [0.1, 0.15) is 5.82 Å². The number of hydrogen-bond donors (Lipinski definition) is 1. The van der Waals surface area contributed by atoms with E-state index >= 15 is 0 Å². The minimum atomic E-state index is -0.940. The van der Waals surface area contributed by atoms with Crippen molar-refractivity contribution in [3.8, 4) is 0 Å². The third kappa shape index (κ3) is 2.02. The second-order valence-electron chi connectivity index (χ2n) is 4.04. The standard InChI is InChI=1S/C11H8ClF2N3/c12-11-16-9-4-8(14)7(13)3-6(9)10(17-11)15-5-1-2-5/h3-5H,1-2H2,(H,15,16,17). The first-order chi connectivity index (χ1) is 8.13. The first-order valence-electron chi connectivity index (χ1n) is 5.22. The molecule has 0 radical (unpaired) electrons. The van der Waals surface area contributed by atoms with Crippen LogP contribution in [0.15, 0.2) is 12.1 Å². The van der Waals surface area contributed by atoms with Crippen LogP contribution in [0.1, 0.15) is 12.8 Å². The van der Waals surface area contributed by atoms with Gasteiger partial charge in [-0.1, -0.05) is 0 Å². The van der Waals surface area contributed by atoms with Gasteiger partial charge in [0.05, 0.1) is 5.52 Å². The molecular formula is C11H8ClF2N3. The predicted molar refractivity (Wildman–Crippen MR) is 61.1 cm³/mol. The van der Waals surface area contributed by atoms with E-state index in [4.69, 9.17) is 11.6 Å². The number of anilines is 1. The molecule has 1 saturated carbocycles. The summed E-state index contributed by atoms with van der Waals surface area (Å²) in [4.78, 5) is 7.88. The second-order valence-corrected chi connectivity index (χ2v) is 4.38. The fourth-order valence-electron chi connectivity index (χ4n) is 1.63. The predicted octanol–water partition coefficient (Wildman–Crippen LogP) is 3.14. The van der Waals surface area contributed by atoms with Crippen molar-refractivity contribution in [2.45, 2.75) is 18.9 Å². The lowest BCUT2D eigenvalue weighted by Gasteiger charge is -2.08. The molecule has 1 aromatic heterocycles. The Morgan fingerprint density at radius 2 is 1.88 bits per heavy atom. The number of nitrogens with one attached hydrogen (secondary N) is 1. The van der Waals surface area contributed by atoms with Gasteiger partial charge in [-0.05, 0) is 30.5 Å². The molecule has 0 unspecified atom stereocenters. The van der Waals surface area contributed by atoms with Gasteiger partial charge < -0.3 is 5.32 Å². The van der Waals surface area contributed by atoms with Crippen LogP contribution in [0.3, 0.4) is 0 Å². The van der Waals surface area contributed by atoms with Gasteiger partial charge in [-0.15, -0.1) is 0 Å². The van der Waals surface area contributed by atoms with Gasteiger partial charge in [0.2, 0.25) is 5.28 Å². The van der Waals surface area contributed by atoms with E-state index in [1.807, 2.05) is 0 Å². The minimum absolute atomic E-state index is 0.0201. The summed E-state index contributed by atoms with van der Waals surface area (Å²) >= 11 is 5.74. The fourth-order valence-corrected chi connectivity index (χ4v) is 1.80. The summed E-state index contributed by atoms with van der Waals surface area (Å²) in [5.74, 6) is -1.40. The molecule has 0 bridgehead atoms. The molecule has 0 aliphatic heterocycles. The highest BCUT2D eigenvalue weighted by atomic mass is 35.5. The molecule has 0 saturated heterocycles. The molecular weight excluding hydrogens is 248 g/mol. The Hall–Kier alpha value is -1.49. The Balaban J connectivity index is 2.20. The van der Waals surface area contributed by atoms with Crippen LogP contribution in [0.5, 0.6) is 0 Å². The zero-order chi connectivity index (χ0) is 12.0. The molecule has 0 amide bonds. The van der Waals surface area contributed by atoms with Gasteiger partial charge in [-0.3, -0.25) is 0 Å². The van der Waals surface area contributed by atoms with Crippen molar-refractivity contribution in [2.24, 2.45) is 0 Å². The Morgan fingerprint density at radius 3 is 2.59 bits per heavy atom. The molecule has 6 heteroatoms. The summed E-state index contributed by atoms with van der Waals surface area (Å²) in [6.07, 6.45) is 2.10. The summed E-state index contributed by atoms with van der Waals surface area (Å²) in [5.41, 5.74) is 0.298. The van der Waals surface area contributed by atoms with E-state index in [0.717, 1.165) is 25.0 Å². The molecule has 88 valence electrons. The first kappa shape index (κ1) is 10.7. The van der Waals surface area contributed by atoms with Gasteiger partial charge in [0, 0.05) is 17.5 Å². The smallest absolute Gasteiger partial charge is 0.224 e. The number of nitrogens with zero attached hydrogens (tertiary/aromatic N) is 2. The summed E-state index contributed by atoms with van der Waals surface area (Å²) in [7, 11) is 0. The molecule has 1 N–H and O–H groups in total. The van der Waals surface area contributed by atoms with E-state index in [2.05, 4.69) is 15.3 Å². The maximum absolute atomic E-state index is 13.2. The maximum atomic E-state index is 13.2. The third-order valence-corrected chi connectivity index (χ3v) is 2.80. The number of benzene rings is 1. The number of halogens is 3. The van der Waals surface area contributed by atoms with Crippen molar-refractivity contribution in [2.75, 3.05) is 5.32 Å². The summed E-state index contributed by atoms with van der Waals surface area (Å²) in [5, 5.41) is 3.59. The molecule has 17 heavy (non-hydrogen) atoms.